The molecule has 1 aliphatic rings. The van der Waals surface area contributed by atoms with Crippen LogP contribution in [0.2, 0.25) is 0 Å². The summed E-state index contributed by atoms with van der Waals surface area (Å²) in [5.41, 5.74) is 0.542. The Morgan fingerprint density at radius 1 is 1.08 bits per heavy atom. The first-order chi connectivity index (χ1) is 12.2. The maximum absolute atomic E-state index is 12.5. The molecule has 0 bridgehead atoms. The van der Waals surface area contributed by atoms with Crippen LogP contribution >= 0.6 is 11.3 Å². The molecule has 1 aromatic carbocycles. The van der Waals surface area contributed by atoms with Crippen molar-refractivity contribution in [3.05, 3.63) is 41.3 Å². The van der Waals surface area contributed by atoms with Gasteiger partial charge in [-0.3, -0.25) is 9.52 Å². The number of rotatable bonds is 5. The van der Waals surface area contributed by atoms with E-state index in [0.717, 1.165) is 24.2 Å². The predicted octanol–water partition coefficient (Wildman–Crippen LogP) is 1.43. The van der Waals surface area contributed by atoms with Crippen molar-refractivity contribution in [1.29, 1.82) is 0 Å². The second-order valence-corrected chi connectivity index (χ2v) is 10.2. The Bertz CT molecular complexity index is 1020. The van der Waals surface area contributed by atoms with Crippen LogP contribution in [0.15, 0.2) is 44.8 Å². The number of nitrogens with one attached hydrogen (secondary N) is 1. The zero-order chi connectivity index (χ0) is 18.9. The number of sulfonamides is 2. The van der Waals surface area contributed by atoms with Crippen molar-refractivity contribution in [2.45, 2.75) is 21.9 Å². The first-order valence-electron chi connectivity index (χ1n) is 7.70. The molecule has 0 radical (unpaired) electrons. The van der Waals surface area contributed by atoms with Crippen LogP contribution in [0.25, 0.3) is 0 Å². The van der Waals surface area contributed by atoms with Gasteiger partial charge in [-0.1, -0.05) is 0 Å². The van der Waals surface area contributed by atoms with Crippen LogP contribution in [0.1, 0.15) is 23.2 Å². The van der Waals surface area contributed by atoms with Gasteiger partial charge in [0, 0.05) is 24.2 Å². The van der Waals surface area contributed by atoms with Gasteiger partial charge in [-0.05, 0) is 43.2 Å². The van der Waals surface area contributed by atoms with Gasteiger partial charge in [0.25, 0.3) is 15.9 Å². The summed E-state index contributed by atoms with van der Waals surface area (Å²) in [6.45, 7) is 1.37. The van der Waals surface area contributed by atoms with E-state index < -0.39 is 20.0 Å². The minimum absolute atomic E-state index is 0.00979. The van der Waals surface area contributed by atoms with Gasteiger partial charge in [0.1, 0.15) is 4.21 Å². The molecule has 140 valence electrons. The first-order valence-corrected chi connectivity index (χ1v) is 11.6. The maximum atomic E-state index is 12.5. The van der Waals surface area contributed by atoms with Crippen LogP contribution in [0.5, 0.6) is 0 Å². The average Bonchev–Trinajstić information content (AvgIpc) is 3.26. The highest BCUT2D eigenvalue weighted by atomic mass is 32.2. The zero-order valence-corrected chi connectivity index (χ0v) is 16.0. The summed E-state index contributed by atoms with van der Waals surface area (Å²) in [5.74, 6) is -0.169. The number of hydrogen-bond donors (Lipinski definition) is 2. The number of nitrogens with zero attached hydrogens (tertiary/aromatic N) is 1. The molecule has 26 heavy (non-hydrogen) atoms. The van der Waals surface area contributed by atoms with Gasteiger partial charge in [0.05, 0.1) is 10.5 Å². The number of thiophene rings is 1. The largest absolute Gasteiger partial charge is 0.339 e. The summed E-state index contributed by atoms with van der Waals surface area (Å²) in [5, 5.41) is 6.53. The molecular formula is C15H17N3O5S3. The third kappa shape index (κ3) is 4.06. The van der Waals surface area contributed by atoms with Gasteiger partial charge in [-0.2, -0.15) is 0 Å². The van der Waals surface area contributed by atoms with E-state index in [-0.39, 0.29) is 20.7 Å². The van der Waals surface area contributed by atoms with Gasteiger partial charge in [0.15, 0.2) is 0 Å². The summed E-state index contributed by atoms with van der Waals surface area (Å²) in [7, 11) is -7.73. The predicted molar refractivity (Wildman–Crippen MR) is 98.1 cm³/mol. The molecule has 1 aromatic heterocycles. The van der Waals surface area contributed by atoms with Crippen LogP contribution < -0.4 is 9.86 Å². The van der Waals surface area contributed by atoms with Crippen molar-refractivity contribution in [1.82, 2.24) is 4.90 Å². The minimum Gasteiger partial charge on any atom is -0.339 e. The van der Waals surface area contributed by atoms with E-state index in [1.54, 1.807) is 4.90 Å². The van der Waals surface area contributed by atoms with Crippen molar-refractivity contribution < 1.29 is 21.6 Å². The lowest BCUT2D eigenvalue weighted by atomic mass is 10.3. The van der Waals surface area contributed by atoms with Crippen LogP contribution in [-0.4, -0.2) is 40.7 Å². The molecule has 8 nitrogen and oxygen atoms in total. The van der Waals surface area contributed by atoms with Crippen molar-refractivity contribution in [3.8, 4) is 0 Å². The lowest BCUT2D eigenvalue weighted by Gasteiger charge is -2.13. The molecular weight excluding hydrogens is 398 g/mol. The Hall–Kier alpha value is -1.95. The topological polar surface area (TPSA) is 127 Å². The van der Waals surface area contributed by atoms with Gasteiger partial charge < -0.3 is 4.90 Å². The van der Waals surface area contributed by atoms with Crippen molar-refractivity contribution >= 4 is 43.0 Å². The summed E-state index contributed by atoms with van der Waals surface area (Å²) in [4.78, 5) is 13.9. The molecule has 1 saturated heterocycles. The Labute approximate surface area is 155 Å². The van der Waals surface area contributed by atoms with E-state index in [2.05, 4.69) is 4.72 Å². The molecule has 0 saturated carbocycles. The molecule has 0 unspecified atom stereocenters. The zero-order valence-electron chi connectivity index (χ0n) is 13.6. The van der Waals surface area contributed by atoms with Gasteiger partial charge in [0.2, 0.25) is 10.0 Å². The number of nitrogens with two attached hydrogens (primary N) is 1. The smallest absolute Gasteiger partial charge is 0.271 e. The summed E-state index contributed by atoms with van der Waals surface area (Å²) in [6, 6.07) is 6.39. The van der Waals surface area contributed by atoms with E-state index in [9.17, 15) is 21.6 Å². The number of benzene rings is 1. The van der Waals surface area contributed by atoms with Crippen molar-refractivity contribution in [3.63, 3.8) is 0 Å². The molecule has 2 aromatic rings. The number of hydrogen-bond acceptors (Lipinski definition) is 6. The molecule has 0 spiro atoms. The third-order valence-electron chi connectivity index (χ3n) is 3.92. The summed E-state index contributed by atoms with van der Waals surface area (Å²) >= 11 is 0.956. The molecule has 1 aliphatic heterocycles. The van der Waals surface area contributed by atoms with Gasteiger partial charge in [-0.25, -0.2) is 22.0 Å². The van der Waals surface area contributed by atoms with Crippen molar-refractivity contribution in [2.24, 2.45) is 5.14 Å². The van der Waals surface area contributed by atoms with E-state index in [1.807, 2.05) is 0 Å². The normalized spacial score (nSPS) is 15.2. The Morgan fingerprint density at radius 2 is 1.69 bits per heavy atom. The average molecular weight is 416 g/mol. The molecule has 11 heteroatoms. The Kier molecular flexibility index (Phi) is 5.06. The van der Waals surface area contributed by atoms with E-state index in [4.69, 9.17) is 5.14 Å². The second-order valence-electron chi connectivity index (χ2n) is 5.83. The summed E-state index contributed by atoms with van der Waals surface area (Å²) in [6.07, 6.45) is 1.91. The third-order valence-corrected chi connectivity index (χ3v) is 7.67. The number of primary sulfonamides is 1. The highest BCUT2D eigenvalue weighted by Crippen LogP contribution is 2.25. The fraction of sp³-hybridized carbons (Fsp3) is 0.267. The number of carbonyl (C=O) groups is 1. The minimum atomic E-state index is -3.88. The van der Waals surface area contributed by atoms with E-state index >= 15 is 0 Å². The number of anilines is 1. The maximum Gasteiger partial charge on any atom is 0.271 e. The van der Waals surface area contributed by atoms with Crippen LogP contribution in [0.4, 0.5) is 5.69 Å². The molecule has 1 fully saturated rings. The number of carbonyl (C=O) groups excluding carboxylic acids is 1. The Balaban J connectivity index is 1.77. The highest BCUT2D eigenvalue weighted by molar-refractivity contribution is 7.94. The molecule has 3 rings (SSSR count). The molecule has 0 atom stereocenters. The highest BCUT2D eigenvalue weighted by Gasteiger charge is 2.24. The molecule has 2 heterocycles. The van der Waals surface area contributed by atoms with Crippen LogP contribution in [0, 0.1) is 0 Å². The molecule has 0 aliphatic carbocycles. The second kappa shape index (κ2) is 6.99. The standard InChI is InChI=1S/C15H17N3O5S3/c16-25(20,21)13-5-3-12(4-6-13)17-26(22,23)14-9-11(10-24-14)15(19)18-7-1-2-8-18/h3-6,9-10,17H,1-2,7-8H2,(H2,16,20,21). The fourth-order valence-corrected chi connectivity index (χ4v) is 5.32. The fourth-order valence-electron chi connectivity index (χ4n) is 2.59. The monoisotopic (exact) mass is 415 g/mol. The van der Waals surface area contributed by atoms with Gasteiger partial charge in [-0.15, -0.1) is 11.3 Å². The van der Waals surface area contributed by atoms with E-state index in [1.165, 1.54) is 35.7 Å². The lowest BCUT2D eigenvalue weighted by Crippen LogP contribution is -2.27. The van der Waals surface area contributed by atoms with Crippen LogP contribution in [0.3, 0.4) is 0 Å². The number of amides is 1. The Morgan fingerprint density at radius 3 is 2.27 bits per heavy atom. The number of likely N-dealkylation sites (tertiary alicyclic amines) is 1. The lowest BCUT2D eigenvalue weighted by molar-refractivity contribution is 0.0793. The molecule has 3 N–H and O–H groups in total. The van der Waals surface area contributed by atoms with Gasteiger partial charge >= 0.3 is 0 Å². The quantitative estimate of drug-likeness (QED) is 0.764. The molecule has 1 amide bonds. The van der Waals surface area contributed by atoms with E-state index in [0.29, 0.717) is 18.7 Å². The van der Waals surface area contributed by atoms with Crippen molar-refractivity contribution in [2.75, 3.05) is 17.8 Å². The summed E-state index contributed by atoms with van der Waals surface area (Å²) < 4.78 is 49.8. The van der Waals surface area contributed by atoms with Crippen LogP contribution in [-0.2, 0) is 20.0 Å². The SMILES string of the molecule is NS(=O)(=O)c1ccc(NS(=O)(=O)c2cc(C(=O)N3CCCC3)cs2)cc1. The first kappa shape index (κ1) is 18.8.